The normalized spacial score (nSPS) is 25.2. The standard InChI is InChI=1S/C16H26N2/c1-3-8-15-13-18(16(4-2)11-17-15)12-14-9-6-5-7-10-14/h5-7,9-10,15-17H,3-4,8,11-13H2,1-2H3. The fraction of sp³-hybridized carbons (Fsp3) is 0.625. The largest absolute Gasteiger partial charge is 0.311 e. The van der Waals surface area contributed by atoms with Crippen LogP contribution in [0, 0.1) is 0 Å². The van der Waals surface area contributed by atoms with Crippen LogP contribution in [0.15, 0.2) is 30.3 Å². The number of hydrogen-bond donors (Lipinski definition) is 1. The van der Waals surface area contributed by atoms with Gasteiger partial charge in [0.2, 0.25) is 0 Å². The quantitative estimate of drug-likeness (QED) is 0.859. The van der Waals surface area contributed by atoms with Crippen molar-refractivity contribution >= 4 is 0 Å². The van der Waals surface area contributed by atoms with E-state index in [1.54, 1.807) is 0 Å². The minimum atomic E-state index is 0.682. The highest BCUT2D eigenvalue weighted by Gasteiger charge is 2.25. The Bertz CT molecular complexity index is 336. The molecule has 1 N–H and O–H groups in total. The van der Waals surface area contributed by atoms with E-state index in [0.717, 1.165) is 13.1 Å². The molecule has 0 radical (unpaired) electrons. The van der Waals surface area contributed by atoms with Crippen molar-refractivity contribution in [3.05, 3.63) is 35.9 Å². The fourth-order valence-electron chi connectivity index (χ4n) is 2.88. The second kappa shape index (κ2) is 6.91. The van der Waals surface area contributed by atoms with Gasteiger partial charge in [-0.1, -0.05) is 50.6 Å². The van der Waals surface area contributed by atoms with Crippen LogP contribution in [-0.2, 0) is 6.54 Å². The summed E-state index contributed by atoms with van der Waals surface area (Å²) in [6.45, 7) is 8.01. The Kier molecular flexibility index (Phi) is 5.21. The summed E-state index contributed by atoms with van der Waals surface area (Å²) in [6.07, 6.45) is 3.80. The van der Waals surface area contributed by atoms with Crippen molar-refractivity contribution in [3.8, 4) is 0 Å². The van der Waals surface area contributed by atoms with Gasteiger partial charge in [-0.2, -0.15) is 0 Å². The first-order valence-electron chi connectivity index (χ1n) is 7.34. The minimum absolute atomic E-state index is 0.682. The number of nitrogens with one attached hydrogen (secondary N) is 1. The molecule has 0 spiro atoms. The highest BCUT2D eigenvalue weighted by Crippen LogP contribution is 2.16. The zero-order valence-corrected chi connectivity index (χ0v) is 11.7. The molecule has 1 aromatic rings. The molecule has 1 aliphatic rings. The Labute approximate surface area is 111 Å². The minimum Gasteiger partial charge on any atom is -0.311 e. The predicted octanol–water partition coefficient (Wildman–Crippen LogP) is 3.04. The Morgan fingerprint density at radius 1 is 1.22 bits per heavy atom. The Morgan fingerprint density at radius 3 is 2.67 bits per heavy atom. The summed E-state index contributed by atoms with van der Waals surface area (Å²) >= 11 is 0. The van der Waals surface area contributed by atoms with Gasteiger partial charge in [0.15, 0.2) is 0 Å². The van der Waals surface area contributed by atoms with E-state index in [2.05, 4.69) is 54.4 Å². The number of nitrogens with zero attached hydrogens (tertiary/aromatic N) is 1. The first-order chi connectivity index (χ1) is 8.83. The van der Waals surface area contributed by atoms with Gasteiger partial charge in [-0.15, -0.1) is 0 Å². The summed E-state index contributed by atoms with van der Waals surface area (Å²) in [5.41, 5.74) is 1.44. The molecule has 2 atom stereocenters. The summed E-state index contributed by atoms with van der Waals surface area (Å²) < 4.78 is 0. The van der Waals surface area contributed by atoms with Gasteiger partial charge in [0.25, 0.3) is 0 Å². The highest BCUT2D eigenvalue weighted by molar-refractivity contribution is 5.14. The van der Waals surface area contributed by atoms with Crippen molar-refractivity contribution in [2.45, 2.75) is 51.7 Å². The molecule has 0 amide bonds. The molecule has 2 heteroatoms. The van der Waals surface area contributed by atoms with E-state index in [0.29, 0.717) is 12.1 Å². The lowest BCUT2D eigenvalue weighted by Crippen LogP contribution is -2.55. The molecule has 100 valence electrons. The first kappa shape index (κ1) is 13.6. The van der Waals surface area contributed by atoms with Gasteiger partial charge >= 0.3 is 0 Å². The van der Waals surface area contributed by atoms with E-state index in [-0.39, 0.29) is 0 Å². The van der Waals surface area contributed by atoms with Crippen LogP contribution in [0.5, 0.6) is 0 Å². The van der Waals surface area contributed by atoms with E-state index in [1.807, 2.05) is 0 Å². The van der Waals surface area contributed by atoms with Crippen LogP contribution in [0.2, 0.25) is 0 Å². The lowest BCUT2D eigenvalue weighted by atomic mass is 10.0. The van der Waals surface area contributed by atoms with Crippen molar-refractivity contribution in [1.82, 2.24) is 10.2 Å². The van der Waals surface area contributed by atoms with Gasteiger partial charge in [0.05, 0.1) is 0 Å². The van der Waals surface area contributed by atoms with Crippen molar-refractivity contribution in [2.75, 3.05) is 13.1 Å². The van der Waals surface area contributed by atoms with Crippen molar-refractivity contribution in [2.24, 2.45) is 0 Å². The molecule has 18 heavy (non-hydrogen) atoms. The molecule has 1 aliphatic heterocycles. The van der Waals surface area contributed by atoms with Crippen LogP contribution in [-0.4, -0.2) is 30.1 Å². The second-order valence-corrected chi connectivity index (χ2v) is 5.37. The lowest BCUT2D eigenvalue weighted by molar-refractivity contribution is 0.115. The Hall–Kier alpha value is -0.860. The van der Waals surface area contributed by atoms with Gasteiger partial charge in [0.1, 0.15) is 0 Å². The third-order valence-electron chi connectivity index (χ3n) is 3.95. The molecule has 2 nitrogen and oxygen atoms in total. The number of piperazine rings is 1. The van der Waals surface area contributed by atoms with E-state index in [9.17, 15) is 0 Å². The zero-order valence-electron chi connectivity index (χ0n) is 11.7. The molecule has 2 rings (SSSR count). The number of hydrogen-bond acceptors (Lipinski definition) is 2. The van der Waals surface area contributed by atoms with Crippen molar-refractivity contribution in [1.29, 1.82) is 0 Å². The van der Waals surface area contributed by atoms with Gasteiger partial charge in [0, 0.05) is 31.7 Å². The summed E-state index contributed by atoms with van der Waals surface area (Å²) in [7, 11) is 0. The maximum atomic E-state index is 3.70. The summed E-state index contributed by atoms with van der Waals surface area (Å²) in [6, 6.07) is 12.2. The van der Waals surface area contributed by atoms with Crippen LogP contribution in [0.3, 0.4) is 0 Å². The van der Waals surface area contributed by atoms with Crippen LogP contribution in [0.25, 0.3) is 0 Å². The average molecular weight is 246 g/mol. The Morgan fingerprint density at radius 2 is 2.00 bits per heavy atom. The van der Waals surface area contributed by atoms with E-state index in [1.165, 1.54) is 31.4 Å². The SMILES string of the molecule is CCCC1CN(Cc2ccccc2)C(CC)CN1. The number of benzene rings is 1. The molecule has 2 unspecified atom stereocenters. The molecule has 1 saturated heterocycles. The summed E-state index contributed by atoms with van der Waals surface area (Å²) in [5, 5.41) is 3.70. The highest BCUT2D eigenvalue weighted by atomic mass is 15.2. The van der Waals surface area contributed by atoms with Gasteiger partial charge < -0.3 is 5.32 Å². The van der Waals surface area contributed by atoms with Crippen molar-refractivity contribution < 1.29 is 0 Å². The average Bonchev–Trinajstić information content (AvgIpc) is 2.41. The van der Waals surface area contributed by atoms with Gasteiger partial charge in [-0.25, -0.2) is 0 Å². The van der Waals surface area contributed by atoms with Crippen LogP contribution in [0.4, 0.5) is 0 Å². The maximum absolute atomic E-state index is 3.70. The molecule has 1 heterocycles. The van der Waals surface area contributed by atoms with Crippen LogP contribution in [0.1, 0.15) is 38.7 Å². The molecular formula is C16H26N2. The molecule has 0 aromatic heterocycles. The number of rotatable bonds is 5. The van der Waals surface area contributed by atoms with Crippen molar-refractivity contribution in [3.63, 3.8) is 0 Å². The lowest BCUT2D eigenvalue weighted by Gasteiger charge is -2.40. The summed E-state index contributed by atoms with van der Waals surface area (Å²) in [5.74, 6) is 0. The topological polar surface area (TPSA) is 15.3 Å². The maximum Gasteiger partial charge on any atom is 0.0237 e. The van der Waals surface area contributed by atoms with E-state index < -0.39 is 0 Å². The van der Waals surface area contributed by atoms with E-state index >= 15 is 0 Å². The molecular weight excluding hydrogens is 220 g/mol. The third kappa shape index (κ3) is 3.56. The first-order valence-corrected chi connectivity index (χ1v) is 7.34. The monoisotopic (exact) mass is 246 g/mol. The van der Waals surface area contributed by atoms with Gasteiger partial charge in [-0.05, 0) is 18.4 Å². The molecule has 1 aromatic carbocycles. The smallest absolute Gasteiger partial charge is 0.0237 e. The van der Waals surface area contributed by atoms with Crippen LogP contribution >= 0.6 is 0 Å². The van der Waals surface area contributed by atoms with Crippen LogP contribution < -0.4 is 5.32 Å². The molecule has 0 saturated carbocycles. The third-order valence-corrected chi connectivity index (χ3v) is 3.95. The predicted molar refractivity (Wildman–Crippen MR) is 77.6 cm³/mol. The fourth-order valence-corrected chi connectivity index (χ4v) is 2.88. The molecule has 1 fully saturated rings. The van der Waals surface area contributed by atoms with Gasteiger partial charge in [-0.3, -0.25) is 4.90 Å². The van der Waals surface area contributed by atoms with E-state index in [4.69, 9.17) is 0 Å². The Balaban J connectivity index is 1.98. The summed E-state index contributed by atoms with van der Waals surface area (Å²) in [4.78, 5) is 2.66. The second-order valence-electron chi connectivity index (χ2n) is 5.37. The zero-order chi connectivity index (χ0) is 12.8. The molecule has 0 bridgehead atoms. The molecule has 0 aliphatic carbocycles.